The van der Waals surface area contributed by atoms with E-state index >= 15 is 0 Å². The maximum absolute atomic E-state index is 12.9. The van der Waals surface area contributed by atoms with Gasteiger partial charge in [0.1, 0.15) is 12.1 Å². The molecule has 2 aromatic heterocycles. The third-order valence-corrected chi connectivity index (χ3v) is 1.85. The van der Waals surface area contributed by atoms with Gasteiger partial charge in [0, 0.05) is 17.8 Å². The summed E-state index contributed by atoms with van der Waals surface area (Å²) in [5.74, 6) is 0.0364. The number of ether oxygens (including phenoxy) is 1. The molecule has 2 heterocycles. The van der Waals surface area contributed by atoms with Crippen molar-refractivity contribution in [2.75, 3.05) is 7.11 Å². The quantitative estimate of drug-likeness (QED) is 0.748. The van der Waals surface area contributed by atoms with E-state index in [0.717, 1.165) is 6.20 Å². The van der Waals surface area contributed by atoms with Crippen LogP contribution in [0.5, 0.6) is 5.88 Å². The van der Waals surface area contributed by atoms with Gasteiger partial charge < -0.3 is 4.74 Å². The van der Waals surface area contributed by atoms with E-state index in [1.807, 2.05) is 0 Å². The predicted molar refractivity (Wildman–Crippen MR) is 51.8 cm³/mol. The molecule has 76 valence electrons. The maximum atomic E-state index is 12.9. The van der Waals surface area contributed by atoms with Crippen molar-refractivity contribution >= 4 is 0 Å². The molecule has 0 aliphatic heterocycles. The molecule has 0 N–H and O–H groups in total. The lowest BCUT2D eigenvalue weighted by atomic mass is 10.2. The lowest BCUT2D eigenvalue weighted by Gasteiger charge is -2.02. The largest absolute Gasteiger partial charge is 0.481 e. The molecule has 0 saturated heterocycles. The average molecular weight is 205 g/mol. The first kappa shape index (κ1) is 9.51. The van der Waals surface area contributed by atoms with Crippen molar-refractivity contribution in [1.82, 2.24) is 15.0 Å². The molecule has 0 atom stereocenters. The Balaban J connectivity index is 2.44. The van der Waals surface area contributed by atoms with Crippen LogP contribution in [0, 0.1) is 5.82 Å². The molecule has 0 fully saturated rings. The van der Waals surface area contributed by atoms with E-state index in [2.05, 4.69) is 15.0 Å². The summed E-state index contributed by atoms with van der Waals surface area (Å²) in [4.78, 5) is 11.6. The van der Waals surface area contributed by atoms with Crippen LogP contribution in [0.25, 0.3) is 11.3 Å². The van der Waals surface area contributed by atoms with E-state index in [1.165, 1.54) is 25.7 Å². The molecule has 0 aliphatic rings. The summed E-state index contributed by atoms with van der Waals surface area (Å²) in [5, 5.41) is 0. The Hall–Kier alpha value is -2.04. The fraction of sp³-hybridized carbons (Fsp3) is 0.100. The first-order valence-electron chi connectivity index (χ1n) is 4.26. The SMILES string of the molecule is COc1cc(-c2cncc(F)c2)ncn1. The average Bonchev–Trinajstić information content (AvgIpc) is 2.29. The molecule has 15 heavy (non-hydrogen) atoms. The Morgan fingerprint density at radius 1 is 1.20 bits per heavy atom. The lowest BCUT2D eigenvalue weighted by Crippen LogP contribution is -1.91. The van der Waals surface area contributed by atoms with Gasteiger partial charge in [-0.3, -0.25) is 4.98 Å². The van der Waals surface area contributed by atoms with Crippen LogP contribution in [0.15, 0.2) is 30.9 Å². The van der Waals surface area contributed by atoms with E-state index in [1.54, 1.807) is 6.07 Å². The van der Waals surface area contributed by atoms with Gasteiger partial charge in [-0.15, -0.1) is 0 Å². The second-order valence-electron chi connectivity index (χ2n) is 2.84. The van der Waals surface area contributed by atoms with E-state index in [0.29, 0.717) is 17.1 Å². The molecular formula is C10H8FN3O. The van der Waals surface area contributed by atoms with Crippen molar-refractivity contribution in [3.63, 3.8) is 0 Å². The summed E-state index contributed by atoms with van der Waals surface area (Å²) < 4.78 is 17.8. The van der Waals surface area contributed by atoms with Crippen LogP contribution in [0.3, 0.4) is 0 Å². The van der Waals surface area contributed by atoms with E-state index < -0.39 is 5.82 Å². The summed E-state index contributed by atoms with van der Waals surface area (Å²) in [6.07, 6.45) is 4.03. The van der Waals surface area contributed by atoms with Gasteiger partial charge in [0.15, 0.2) is 0 Å². The number of pyridine rings is 1. The maximum Gasteiger partial charge on any atom is 0.216 e. The van der Waals surface area contributed by atoms with Gasteiger partial charge in [-0.1, -0.05) is 0 Å². The van der Waals surface area contributed by atoms with Gasteiger partial charge >= 0.3 is 0 Å². The molecule has 0 bridgehead atoms. The number of aromatic nitrogens is 3. The Labute approximate surface area is 85.8 Å². The van der Waals surface area contributed by atoms with Crippen LogP contribution in [0.1, 0.15) is 0 Å². The highest BCUT2D eigenvalue weighted by molar-refractivity contribution is 5.58. The molecule has 0 saturated carbocycles. The predicted octanol–water partition coefficient (Wildman–Crippen LogP) is 1.69. The van der Waals surface area contributed by atoms with Crippen LogP contribution in [0.4, 0.5) is 4.39 Å². The van der Waals surface area contributed by atoms with E-state index in [4.69, 9.17) is 4.74 Å². The summed E-state index contributed by atoms with van der Waals surface area (Å²) in [5.41, 5.74) is 1.17. The smallest absolute Gasteiger partial charge is 0.216 e. The van der Waals surface area contributed by atoms with Crippen molar-refractivity contribution in [2.24, 2.45) is 0 Å². The Morgan fingerprint density at radius 2 is 2.07 bits per heavy atom. The zero-order valence-corrected chi connectivity index (χ0v) is 8.01. The first-order valence-corrected chi connectivity index (χ1v) is 4.26. The standard InChI is InChI=1S/C10H8FN3O/c1-15-10-3-9(13-6-14-10)7-2-8(11)5-12-4-7/h2-6H,1H3. The van der Waals surface area contributed by atoms with Crippen LogP contribution in [-0.4, -0.2) is 22.1 Å². The van der Waals surface area contributed by atoms with Gasteiger partial charge in [-0.25, -0.2) is 14.4 Å². The first-order chi connectivity index (χ1) is 7.29. The molecule has 0 amide bonds. The molecule has 0 spiro atoms. The fourth-order valence-corrected chi connectivity index (χ4v) is 1.16. The molecule has 0 unspecified atom stereocenters. The summed E-state index contributed by atoms with van der Waals surface area (Å²) in [7, 11) is 1.51. The molecule has 2 aromatic rings. The molecule has 5 heteroatoms. The summed E-state index contributed by atoms with van der Waals surface area (Å²) in [6.45, 7) is 0. The number of hydrogen-bond donors (Lipinski definition) is 0. The number of hydrogen-bond acceptors (Lipinski definition) is 4. The number of nitrogens with zero attached hydrogens (tertiary/aromatic N) is 3. The highest BCUT2D eigenvalue weighted by atomic mass is 19.1. The van der Waals surface area contributed by atoms with E-state index in [-0.39, 0.29) is 0 Å². The van der Waals surface area contributed by atoms with Crippen molar-refractivity contribution in [3.8, 4) is 17.1 Å². The normalized spacial score (nSPS) is 10.0. The van der Waals surface area contributed by atoms with Crippen LogP contribution >= 0.6 is 0 Å². The third-order valence-electron chi connectivity index (χ3n) is 1.85. The minimum Gasteiger partial charge on any atom is -0.481 e. The van der Waals surface area contributed by atoms with Gasteiger partial charge in [0.25, 0.3) is 0 Å². The zero-order chi connectivity index (χ0) is 10.7. The molecule has 0 aromatic carbocycles. The summed E-state index contributed by atoms with van der Waals surface area (Å²) in [6, 6.07) is 2.98. The Morgan fingerprint density at radius 3 is 2.80 bits per heavy atom. The van der Waals surface area contributed by atoms with Gasteiger partial charge in [-0.2, -0.15) is 0 Å². The molecule has 0 radical (unpaired) electrons. The van der Waals surface area contributed by atoms with Gasteiger partial charge in [-0.05, 0) is 6.07 Å². The van der Waals surface area contributed by atoms with Crippen molar-refractivity contribution in [1.29, 1.82) is 0 Å². The third kappa shape index (κ3) is 2.07. The fourth-order valence-electron chi connectivity index (χ4n) is 1.16. The zero-order valence-electron chi connectivity index (χ0n) is 8.01. The monoisotopic (exact) mass is 205 g/mol. The van der Waals surface area contributed by atoms with E-state index in [9.17, 15) is 4.39 Å². The number of rotatable bonds is 2. The molecule has 2 rings (SSSR count). The molecule has 0 aliphatic carbocycles. The summed E-state index contributed by atoms with van der Waals surface area (Å²) >= 11 is 0. The minimum absolute atomic E-state index is 0.398. The topological polar surface area (TPSA) is 47.9 Å². The Bertz CT molecular complexity index is 476. The van der Waals surface area contributed by atoms with Crippen LogP contribution < -0.4 is 4.74 Å². The van der Waals surface area contributed by atoms with Crippen LogP contribution in [0.2, 0.25) is 0 Å². The van der Waals surface area contributed by atoms with Gasteiger partial charge in [0.05, 0.1) is 19.0 Å². The second-order valence-corrected chi connectivity index (χ2v) is 2.84. The highest BCUT2D eigenvalue weighted by Crippen LogP contribution is 2.18. The van der Waals surface area contributed by atoms with Crippen molar-refractivity contribution in [2.45, 2.75) is 0 Å². The minimum atomic E-state index is -0.398. The Kier molecular flexibility index (Phi) is 2.53. The number of halogens is 1. The second kappa shape index (κ2) is 4.00. The lowest BCUT2D eigenvalue weighted by molar-refractivity contribution is 0.397. The highest BCUT2D eigenvalue weighted by Gasteiger charge is 2.03. The van der Waals surface area contributed by atoms with Crippen molar-refractivity contribution < 1.29 is 9.13 Å². The molecule has 4 nitrogen and oxygen atoms in total. The number of methoxy groups -OCH3 is 1. The van der Waals surface area contributed by atoms with Crippen molar-refractivity contribution in [3.05, 3.63) is 36.7 Å². The molecular weight excluding hydrogens is 197 g/mol. The van der Waals surface area contributed by atoms with Crippen LogP contribution in [-0.2, 0) is 0 Å². The van der Waals surface area contributed by atoms with Gasteiger partial charge in [0.2, 0.25) is 5.88 Å².